The molecule has 1 atom stereocenters. The molecule has 0 saturated heterocycles. The zero-order valence-electron chi connectivity index (χ0n) is 8.52. The van der Waals surface area contributed by atoms with Crippen LogP contribution in [0.2, 0.25) is 0 Å². The van der Waals surface area contributed by atoms with Crippen LogP contribution in [0.5, 0.6) is 0 Å². The first-order valence-electron chi connectivity index (χ1n) is 4.47. The van der Waals surface area contributed by atoms with Gasteiger partial charge in [0.15, 0.2) is 0 Å². The summed E-state index contributed by atoms with van der Waals surface area (Å²) in [6, 6.07) is 3.41. The van der Waals surface area contributed by atoms with Crippen molar-refractivity contribution in [2.24, 2.45) is 5.92 Å². The highest BCUT2D eigenvalue weighted by atomic mass is 16.4. The molecule has 0 spiro atoms. The number of carbonyl (C=O) groups is 2. The molecule has 1 heterocycles. The smallest absolute Gasteiger partial charge is 0.315 e. The maximum atomic E-state index is 11.3. The Hall–Kier alpha value is -1.91. The standard InChI is InChI=1S/C10H12N2O3/c1-6-3-4-8(5-11-6)12-9(13)7(2)10(14)15/h3-5,7H,1-2H3,(H,12,13)(H,14,15). The van der Waals surface area contributed by atoms with Gasteiger partial charge in [0.25, 0.3) is 0 Å². The quantitative estimate of drug-likeness (QED) is 0.727. The molecule has 1 aromatic rings. The number of amides is 1. The van der Waals surface area contributed by atoms with E-state index < -0.39 is 17.8 Å². The number of aryl methyl sites for hydroxylation is 1. The van der Waals surface area contributed by atoms with Gasteiger partial charge in [0, 0.05) is 5.69 Å². The van der Waals surface area contributed by atoms with Crippen LogP contribution in [0.15, 0.2) is 18.3 Å². The summed E-state index contributed by atoms with van der Waals surface area (Å²) in [5, 5.41) is 11.1. The second-order valence-electron chi connectivity index (χ2n) is 3.24. The molecule has 0 radical (unpaired) electrons. The molecule has 1 unspecified atom stereocenters. The van der Waals surface area contributed by atoms with Gasteiger partial charge in [-0.15, -0.1) is 0 Å². The molecular weight excluding hydrogens is 196 g/mol. The van der Waals surface area contributed by atoms with Crippen molar-refractivity contribution in [3.8, 4) is 0 Å². The SMILES string of the molecule is Cc1ccc(NC(=O)C(C)C(=O)O)cn1. The molecule has 2 N–H and O–H groups in total. The molecule has 0 aliphatic heterocycles. The Kier molecular flexibility index (Phi) is 3.38. The molecule has 5 heteroatoms. The number of carbonyl (C=O) groups excluding carboxylic acids is 1. The second kappa shape index (κ2) is 4.54. The van der Waals surface area contributed by atoms with Crippen LogP contribution in [0.25, 0.3) is 0 Å². The Morgan fingerprint density at radius 2 is 2.13 bits per heavy atom. The molecule has 0 fully saturated rings. The van der Waals surface area contributed by atoms with E-state index in [0.29, 0.717) is 5.69 Å². The zero-order chi connectivity index (χ0) is 11.4. The first kappa shape index (κ1) is 11.2. The fourth-order valence-electron chi connectivity index (χ4n) is 0.904. The van der Waals surface area contributed by atoms with Gasteiger partial charge in [0.2, 0.25) is 5.91 Å². The first-order chi connectivity index (χ1) is 7.00. The van der Waals surface area contributed by atoms with Crippen LogP contribution in [0.4, 0.5) is 5.69 Å². The van der Waals surface area contributed by atoms with Crippen molar-refractivity contribution < 1.29 is 14.7 Å². The maximum absolute atomic E-state index is 11.3. The molecule has 5 nitrogen and oxygen atoms in total. The van der Waals surface area contributed by atoms with Crippen molar-refractivity contribution in [2.45, 2.75) is 13.8 Å². The van der Waals surface area contributed by atoms with Gasteiger partial charge in [-0.25, -0.2) is 0 Å². The van der Waals surface area contributed by atoms with Gasteiger partial charge in [-0.2, -0.15) is 0 Å². The Morgan fingerprint density at radius 1 is 1.47 bits per heavy atom. The predicted octanol–water partition coefficient (Wildman–Crippen LogP) is 1.05. The van der Waals surface area contributed by atoms with Crippen LogP contribution in [0, 0.1) is 12.8 Å². The molecule has 0 aliphatic carbocycles. The van der Waals surface area contributed by atoms with Crippen molar-refractivity contribution in [1.82, 2.24) is 4.98 Å². The fourth-order valence-corrected chi connectivity index (χ4v) is 0.904. The van der Waals surface area contributed by atoms with E-state index in [4.69, 9.17) is 5.11 Å². The minimum absolute atomic E-state index is 0.499. The number of pyridine rings is 1. The molecule has 1 amide bonds. The molecule has 0 aliphatic rings. The third-order valence-electron chi connectivity index (χ3n) is 1.94. The Balaban J connectivity index is 2.66. The van der Waals surface area contributed by atoms with Crippen LogP contribution in [-0.2, 0) is 9.59 Å². The zero-order valence-corrected chi connectivity index (χ0v) is 8.52. The van der Waals surface area contributed by atoms with E-state index in [2.05, 4.69) is 10.3 Å². The number of anilines is 1. The highest BCUT2D eigenvalue weighted by Crippen LogP contribution is 2.07. The van der Waals surface area contributed by atoms with Crippen LogP contribution in [0.1, 0.15) is 12.6 Å². The Morgan fingerprint density at radius 3 is 2.60 bits per heavy atom. The molecule has 0 bridgehead atoms. The van der Waals surface area contributed by atoms with Gasteiger partial charge in [-0.1, -0.05) is 0 Å². The summed E-state index contributed by atoms with van der Waals surface area (Å²) in [5.74, 6) is -2.76. The number of hydrogen-bond donors (Lipinski definition) is 2. The number of aromatic nitrogens is 1. The van der Waals surface area contributed by atoms with Crippen LogP contribution in [0.3, 0.4) is 0 Å². The molecule has 80 valence electrons. The van der Waals surface area contributed by atoms with Crippen molar-refractivity contribution >= 4 is 17.6 Å². The van der Waals surface area contributed by atoms with Gasteiger partial charge >= 0.3 is 5.97 Å². The van der Waals surface area contributed by atoms with Gasteiger partial charge in [-0.05, 0) is 26.0 Å². The summed E-state index contributed by atoms with van der Waals surface area (Å²) in [6.45, 7) is 3.16. The number of aliphatic carboxylic acids is 1. The van der Waals surface area contributed by atoms with Gasteiger partial charge < -0.3 is 10.4 Å². The number of carboxylic acids is 1. The van der Waals surface area contributed by atoms with E-state index in [1.165, 1.54) is 13.1 Å². The minimum atomic E-state index is -1.15. The number of nitrogens with one attached hydrogen (secondary N) is 1. The maximum Gasteiger partial charge on any atom is 0.315 e. The molecule has 1 aromatic heterocycles. The number of carboxylic acid groups (broad SMARTS) is 1. The average molecular weight is 208 g/mol. The normalized spacial score (nSPS) is 11.9. The summed E-state index contributed by atoms with van der Waals surface area (Å²) in [7, 11) is 0. The lowest BCUT2D eigenvalue weighted by Crippen LogP contribution is -2.26. The van der Waals surface area contributed by atoms with E-state index in [0.717, 1.165) is 5.69 Å². The van der Waals surface area contributed by atoms with Crippen molar-refractivity contribution in [3.05, 3.63) is 24.0 Å². The van der Waals surface area contributed by atoms with Gasteiger partial charge in [0.1, 0.15) is 5.92 Å². The van der Waals surface area contributed by atoms with Crippen molar-refractivity contribution in [2.75, 3.05) is 5.32 Å². The highest BCUT2D eigenvalue weighted by molar-refractivity contribution is 6.03. The third-order valence-corrected chi connectivity index (χ3v) is 1.94. The minimum Gasteiger partial charge on any atom is -0.481 e. The Bertz CT molecular complexity index is 373. The summed E-state index contributed by atoms with van der Waals surface area (Å²) < 4.78 is 0. The highest BCUT2D eigenvalue weighted by Gasteiger charge is 2.20. The van der Waals surface area contributed by atoms with Crippen LogP contribution < -0.4 is 5.32 Å². The summed E-state index contributed by atoms with van der Waals surface area (Å²) in [6.07, 6.45) is 1.49. The molecule has 15 heavy (non-hydrogen) atoms. The largest absolute Gasteiger partial charge is 0.481 e. The average Bonchev–Trinajstić information content (AvgIpc) is 2.20. The predicted molar refractivity (Wildman–Crippen MR) is 54.4 cm³/mol. The fraction of sp³-hybridized carbons (Fsp3) is 0.300. The van der Waals surface area contributed by atoms with E-state index in [1.54, 1.807) is 12.1 Å². The number of hydrogen-bond acceptors (Lipinski definition) is 3. The van der Waals surface area contributed by atoms with E-state index in [-0.39, 0.29) is 0 Å². The van der Waals surface area contributed by atoms with E-state index in [9.17, 15) is 9.59 Å². The van der Waals surface area contributed by atoms with Crippen molar-refractivity contribution in [1.29, 1.82) is 0 Å². The summed E-state index contributed by atoms with van der Waals surface area (Å²) in [4.78, 5) is 25.8. The van der Waals surface area contributed by atoms with Crippen LogP contribution >= 0.6 is 0 Å². The topological polar surface area (TPSA) is 79.3 Å². The molecule has 0 aromatic carbocycles. The number of rotatable bonds is 3. The lowest BCUT2D eigenvalue weighted by atomic mass is 10.1. The third kappa shape index (κ3) is 3.05. The first-order valence-corrected chi connectivity index (χ1v) is 4.47. The Labute approximate surface area is 87.1 Å². The lowest BCUT2D eigenvalue weighted by Gasteiger charge is -2.07. The lowest BCUT2D eigenvalue weighted by molar-refractivity contribution is -0.144. The van der Waals surface area contributed by atoms with E-state index in [1.807, 2.05) is 6.92 Å². The van der Waals surface area contributed by atoms with Crippen LogP contribution in [-0.4, -0.2) is 22.0 Å². The summed E-state index contributed by atoms with van der Waals surface area (Å²) >= 11 is 0. The monoisotopic (exact) mass is 208 g/mol. The number of nitrogens with zero attached hydrogens (tertiary/aromatic N) is 1. The van der Waals surface area contributed by atoms with E-state index >= 15 is 0 Å². The molecule has 0 saturated carbocycles. The molecular formula is C10H12N2O3. The molecule has 1 rings (SSSR count). The van der Waals surface area contributed by atoms with Gasteiger partial charge in [-0.3, -0.25) is 14.6 Å². The summed E-state index contributed by atoms with van der Waals surface area (Å²) in [5.41, 5.74) is 1.33. The van der Waals surface area contributed by atoms with Gasteiger partial charge in [0.05, 0.1) is 11.9 Å². The van der Waals surface area contributed by atoms with Crippen molar-refractivity contribution in [3.63, 3.8) is 0 Å². The second-order valence-corrected chi connectivity index (χ2v) is 3.24.